The molecule has 1 atom stereocenters. The van der Waals surface area contributed by atoms with Crippen molar-refractivity contribution < 1.29 is 9.50 Å². The number of aromatic nitrogens is 1. The van der Waals surface area contributed by atoms with E-state index >= 15 is 0 Å². The highest BCUT2D eigenvalue weighted by Gasteiger charge is 2.26. The van der Waals surface area contributed by atoms with Crippen LogP contribution in [0.2, 0.25) is 0 Å². The monoisotopic (exact) mass is 268 g/mol. The molecule has 0 aromatic carbocycles. The molecule has 1 aromatic heterocycles. The predicted molar refractivity (Wildman–Crippen MR) is 75.3 cm³/mol. The molecule has 1 aromatic rings. The second-order valence-corrected chi connectivity index (χ2v) is 5.11. The summed E-state index contributed by atoms with van der Waals surface area (Å²) in [7, 11) is 0. The minimum absolute atomic E-state index is 0.0759. The molecule has 0 aliphatic rings. The highest BCUT2D eigenvalue weighted by atomic mass is 19.1. The van der Waals surface area contributed by atoms with E-state index in [9.17, 15) is 9.50 Å². The van der Waals surface area contributed by atoms with Gasteiger partial charge in [0.1, 0.15) is 5.82 Å². The van der Waals surface area contributed by atoms with Crippen LogP contribution < -0.4 is 5.32 Å². The molecule has 0 spiro atoms. The third-order valence-electron chi connectivity index (χ3n) is 4.07. The van der Waals surface area contributed by atoms with Crippen LogP contribution in [0.4, 0.5) is 4.39 Å². The molecule has 108 valence electrons. The third-order valence-corrected chi connectivity index (χ3v) is 4.07. The molecule has 0 amide bonds. The summed E-state index contributed by atoms with van der Waals surface area (Å²) < 4.78 is 12.9. The minimum atomic E-state index is -0.314. The standard InChI is InChI=1S/C15H25FN2O/c1-4-13(14-8-7-12(16)9-17-14)18-10-15(5-2,6-3)11-19/h7-9,13,18-19H,4-6,10-11H2,1-3H3. The molecule has 0 radical (unpaired) electrons. The normalized spacial score (nSPS) is 13.5. The van der Waals surface area contributed by atoms with Crippen molar-refractivity contribution in [3.05, 3.63) is 29.8 Å². The van der Waals surface area contributed by atoms with Crippen molar-refractivity contribution in [1.82, 2.24) is 10.3 Å². The molecule has 2 N–H and O–H groups in total. The highest BCUT2D eigenvalue weighted by Crippen LogP contribution is 2.26. The fraction of sp³-hybridized carbons (Fsp3) is 0.667. The van der Waals surface area contributed by atoms with E-state index in [2.05, 4.69) is 31.1 Å². The number of aliphatic hydroxyl groups excluding tert-OH is 1. The van der Waals surface area contributed by atoms with Gasteiger partial charge >= 0.3 is 0 Å². The smallest absolute Gasteiger partial charge is 0.141 e. The molecule has 0 fully saturated rings. The first-order valence-corrected chi connectivity index (χ1v) is 7.06. The number of nitrogens with one attached hydrogen (secondary N) is 1. The molecular weight excluding hydrogens is 243 g/mol. The summed E-state index contributed by atoms with van der Waals surface area (Å²) in [5, 5.41) is 13.0. The second-order valence-electron chi connectivity index (χ2n) is 5.11. The fourth-order valence-electron chi connectivity index (χ4n) is 2.17. The zero-order valence-corrected chi connectivity index (χ0v) is 12.1. The Morgan fingerprint density at radius 2 is 2.00 bits per heavy atom. The Balaban J connectivity index is 2.69. The van der Waals surface area contributed by atoms with Gasteiger partial charge in [0.25, 0.3) is 0 Å². The van der Waals surface area contributed by atoms with E-state index < -0.39 is 0 Å². The summed E-state index contributed by atoms with van der Waals surface area (Å²) in [4.78, 5) is 4.13. The molecule has 1 unspecified atom stereocenters. The molecule has 4 heteroatoms. The summed E-state index contributed by atoms with van der Waals surface area (Å²) in [6.45, 7) is 7.19. The second kappa shape index (κ2) is 7.56. The van der Waals surface area contributed by atoms with Crippen molar-refractivity contribution in [3.8, 4) is 0 Å². The lowest BCUT2D eigenvalue weighted by molar-refractivity contribution is 0.109. The van der Waals surface area contributed by atoms with Gasteiger partial charge in [0.2, 0.25) is 0 Å². The van der Waals surface area contributed by atoms with Crippen LogP contribution in [0.25, 0.3) is 0 Å². The van der Waals surface area contributed by atoms with Crippen LogP contribution in [0.5, 0.6) is 0 Å². The molecule has 0 saturated carbocycles. The Kier molecular flexibility index (Phi) is 6.38. The van der Waals surface area contributed by atoms with Crippen molar-refractivity contribution in [2.24, 2.45) is 5.41 Å². The van der Waals surface area contributed by atoms with Crippen LogP contribution in [-0.2, 0) is 0 Å². The maximum atomic E-state index is 12.9. The Labute approximate surface area is 115 Å². The third kappa shape index (κ3) is 4.25. The van der Waals surface area contributed by atoms with Crippen LogP contribution in [0.3, 0.4) is 0 Å². The van der Waals surface area contributed by atoms with Gasteiger partial charge in [-0.15, -0.1) is 0 Å². The van der Waals surface area contributed by atoms with Crippen LogP contribution in [0.1, 0.15) is 51.8 Å². The quantitative estimate of drug-likeness (QED) is 0.761. The Hall–Kier alpha value is -1.00. The molecule has 19 heavy (non-hydrogen) atoms. The van der Waals surface area contributed by atoms with Gasteiger partial charge in [-0.05, 0) is 31.4 Å². The maximum Gasteiger partial charge on any atom is 0.141 e. The molecule has 1 rings (SSSR count). The molecule has 0 bridgehead atoms. The fourth-order valence-corrected chi connectivity index (χ4v) is 2.17. The van der Waals surface area contributed by atoms with Gasteiger partial charge in [0.05, 0.1) is 11.9 Å². The van der Waals surface area contributed by atoms with Crippen molar-refractivity contribution in [2.75, 3.05) is 13.2 Å². The average Bonchev–Trinajstić information content (AvgIpc) is 2.46. The van der Waals surface area contributed by atoms with E-state index in [1.165, 1.54) is 12.3 Å². The minimum Gasteiger partial charge on any atom is -0.396 e. The summed E-state index contributed by atoms with van der Waals surface area (Å²) in [6, 6.07) is 3.25. The molecule has 0 aliphatic carbocycles. The van der Waals surface area contributed by atoms with Gasteiger partial charge in [0, 0.05) is 24.6 Å². The van der Waals surface area contributed by atoms with Gasteiger partial charge in [-0.25, -0.2) is 4.39 Å². The number of aliphatic hydroxyl groups is 1. The molecular formula is C15H25FN2O. The van der Waals surface area contributed by atoms with Crippen molar-refractivity contribution >= 4 is 0 Å². The maximum absolute atomic E-state index is 12.9. The summed E-state index contributed by atoms with van der Waals surface area (Å²) in [6.07, 6.45) is 3.99. The first kappa shape index (κ1) is 16.1. The van der Waals surface area contributed by atoms with E-state index in [1.54, 1.807) is 6.07 Å². The van der Waals surface area contributed by atoms with E-state index in [0.717, 1.165) is 31.5 Å². The lowest BCUT2D eigenvalue weighted by Crippen LogP contribution is -2.38. The van der Waals surface area contributed by atoms with E-state index in [4.69, 9.17) is 0 Å². The van der Waals surface area contributed by atoms with Gasteiger partial charge < -0.3 is 10.4 Å². The SMILES string of the molecule is CCC(NCC(CC)(CC)CO)c1ccc(F)cn1. The first-order chi connectivity index (χ1) is 9.10. The first-order valence-electron chi connectivity index (χ1n) is 7.06. The largest absolute Gasteiger partial charge is 0.396 e. The summed E-state index contributed by atoms with van der Waals surface area (Å²) >= 11 is 0. The number of pyridine rings is 1. The zero-order chi connectivity index (χ0) is 14.3. The number of rotatable bonds is 8. The van der Waals surface area contributed by atoms with Crippen LogP contribution in [-0.4, -0.2) is 23.2 Å². The van der Waals surface area contributed by atoms with Crippen LogP contribution in [0, 0.1) is 11.2 Å². The number of halogens is 1. The van der Waals surface area contributed by atoms with Crippen molar-refractivity contribution in [3.63, 3.8) is 0 Å². The topological polar surface area (TPSA) is 45.1 Å². The van der Waals surface area contributed by atoms with E-state index in [1.807, 2.05) is 0 Å². The van der Waals surface area contributed by atoms with Gasteiger partial charge in [-0.2, -0.15) is 0 Å². The molecule has 1 heterocycles. The van der Waals surface area contributed by atoms with Crippen LogP contribution in [0.15, 0.2) is 18.3 Å². The van der Waals surface area contributed by atoms with E-state index in [-0.39, 0.29) is 23.9 Å². The Morgan fingerprint density at radius 1 is 1.32 bits per heavy atom. The summed E-state index contributed by atoms with van der Waals surface area (Å²) in [5.74, 6) is -0.314. The number of hydrogen-bond acceptors (Lipinski definition) is 3. The number of hydrogen-bond donors (Lipinski definition) is 2. The van der Waals surface area contributed by atoms with Gasteiger partial charge in [-0.3, -0.25) is 4.98 Å². The van der Waals surface area contributed by atoms with Crippen molar-refractivity contribution in [2.45, 2.75) is 46.1 Å². The van der Waals surface area contributed by atoms with Gasteiger partial charge in [0.15, 0.2) is 0 Å². The Morgan fingerprint density at radius 3 is 2.42 bits per heavy atom. The predicted octanol–water partition coefficient (Wildman–Crippen LogP) is 3.06. The van der Waals surface area contributed by atoms with E-state index in [0.29, 0.717) is 0 Å². The zero-order valence-electron chi connectivity index (χ0n) is 12.1. The molecule has 0 saturated heterocycles. The lowest BCUT2D eigenvalue weighted by atomic mass is 9.83. The molecule has 0 aliphatic heterocycles. The Bertz CT molecular complexity index is 355. The highest BCUT2D eigenvalue weighted by molar-refractivity contribution is 5.09. The molecule has 3 nitrogen and oxygen atoms in total. The number of nitrogens with zero attached hydrogens (tertiary/aromatic N) is 1. The summed E-state index contributed by atoms with van der Waals surface area (Å²) in [5.41, 5.74) is 0.774. The lowest BCUT2D eigenvalue weighted by Gasteiger charge is -2.31. The van der Waals surface area contributed by atoms with Gasteiger partial charge in [-0.1, -0.05) is 20.8 Å². The average molecular weight is 268 g/mol. The van der Waals surface area contributed by atoms with Crippen molar-refractivity contribution in [1.29, 1.82) is 0 Å². The van der Waals surface area contributed by atoms with Crippen LogP contribution >= 0.6 is 0 Å².